The van der Waals surface area contributed by atoms with Gasteiger partial charge in [-0.3, -0.25) is 4.79 Å². The molecule has 0 saturated carbocycles. The molecule has 0 atom stereocenters. The first kappa shape index (κ1) is 15.6. The Morgan fingerprint density at radius 3 is 2.38 bits per heavy atom. The van der Waals surface area contributed by atoms with Gasteiger partial charge in [0.25, 0.3) is 0 Å². The highest BCUT2D eigenvalue weighted by Gasteiger charge is 2.18. The van der Waals surface area contributed by atoms with E-state index in [1.807, 2.05) is 0 Å². The zero-order valence-corrected chi connectivity index (χ0v) is 12.8. The fraction of sp³-hybridized carbons (Fsp3) is 0.133. The number of carbonyl (C=O) groups excluding carboxylic acids is 1. The maximum atomic E-state index is 13.3. The molecule has 0 spiro atoms. The minimum absolute atomic E-state index is 0.0555. The third-order valence-corrected chi connectivity index (χ3v) is 3.48. The number of methoxy groups -OCH3 is 2. The van der Waals surface area contributed by atoms with Crippen LogP contribution >= 0.6 is 23.2 Å². The number of rotatable bonds is 4. The van der Waals surface area contributed by atoms with E-state index in [2.05, 4.69) is 0 Å². The van der Waals surface area contributed by atoms with Crippen molar-refractivity contribution in [3.63, 3.8) is 0 Å². The molecule has 0 aromatic heterocycles. The van der Waals surface area contributed by atoms with Crippen LogP contribution in [0, 0.1) is 5.82 Å². The molecule has 0 amide bonds. The largest absolute Gasteiger partial charge is 0.493 e. The van der Waals surface area contributed by atoms with E-state index in [0.29, 0.717) is 11.5 Å². The highest BCUT2D eigenvalue weighted by molar-refractivity contribution is 6.35. The van der Waals surface area contributed by atoms with Crippen LogP contribution in [0.15, 0.2) is 30.3 Å². The van der Waals surface area contributed by atoms with Crippen molar-refractivity contribution in [2.75, 3.05) is 14.2 Å². The molecule has 110 valence electrons. The third-order valence-electron chi connectivity index (χ3n) is 2.87. The summed E-state index contributed by atoms with van der Waals surface area (Å²) in [6.07, 6.45) is 0. The topological polar surface area (TPSA) is 35.5 Å². The van der Waals surface area contributed by atoms with E-state index in [4.69, 9.17) is 32.7 Å². The molecule has 0 unspecified atom stereocenters. The number of hydrogen-bond donors (Lipinski definition) is 0. The molecule has 0 radical (unpaired) electrons. The van der Waals surface area contributed by atoms with E-state index in [-0.39, 0.29) is 21.2 Å². The Labute approximate surface area is 131 Å². The molecule has 2 aromatic rings. The molecular weight excluding hydrogens is 318 g/mol. The van der Waals surface area contributed by atoms with Gasteiger partial charge in [-0.25, -0.2) is 4.39 Å². The van der Waals surface area contributed by atoms with E-state index >= 15 is 0 Å². The number of ether oxygens (including phenoxy) is 2. The first-order valence-corrected chi connectivity index (χ1v) is 6.64. The Balaban J connectivity index is 2.53. The average Bonchev–Trinajstić information content (AvgIpc) is 2.48. The highest BCUT2D eigenvalue weighted by Crippen LogP contribution is 2.37. The lowest BCUT2D eigenvalue weighted by Crippen LogP contribution is -2.04. The number of benzene rings is 2. The van der Waals surface area contributed by atoms with Crippen LogP contribution < -0.4 is 9.47 Å². The average molecular weight is 329 g/mol. The molecule has 0 bridgehead atoms. The molecule has 0 aliphatic rings. The Morgan fingerprint density at radius 2 is 1.76 bits per heavy atom. The van der Waals surface area contributed by atoms with Gasteiger partial charge in [-0.15, -0.1) is 0 Å². The van der Waals surface area contributed by atoms with Gasteiger partial charge in [0.05, 0.1) is 24.3 Å². The van der Waals surface area contributed by atoms with Crippen LogP contribution in [0.5, 0.6) is 11.5 Å². The van der Waals surface area contributed by atoms with Gasteiger partial charge < -0.3 is 9.47 Å². The van der Waals surface area contributed by atoms with Crippen LogP contribution in [-0.4, -0.2) is 20.0 Å². The summed E-state index contributed by atoms with van der Waals surface area (Å²) in [6, 6.07) is 6.48. The first-order valence-electron chi connectivity index (χ1n) is 5.89. The Hall–Kier alpha value is -1.78. The summed E-state index contributed by atoms with van der Waals surface area (Å²) in [6.45, 7) is 0. The number of halogens is 3. The maximum absolute atomic E-state index is 13.3. The summed E-state index contributed by atoms with van der Waals surface area (Å²) >= 11 is 12.0. The summed E-state index contributed by atoms with van der Waals surface area (Å²) in [4.78, 5) is 12.4. The lowest BCUT2D eigenvalue weighted by Gasteiger charge is -2.11. The highest BCUT2D eigenvalue weighted by atomic mass is 35.5. The van der Waals surface area contributed by atoms with E-state index < -0.39 is 11.6 Å². The number of ketones is 1. The van der Waals surface area contributed by atoms with Crippen molar-refractivity contribution >= 4 is 29.0 Å². The van der Waals surface area contributed by atoms with E-state index in [1.165, 1.54) is 38.5 Å². The molecule has 21 heavy (non-hydrogen) atoms. The van der Waals surface area contributed by atoms with Gasteiger partial charge >= 0.3 is 0 Å². The number of hydrogen-bond acceptors (Lipinski definition) is 3. The van der Waals surface area contributed by atoms with Crippen molar-refractivity contribution in [3.8, 4) is 11.5 Å². The second-order valence-electron chi connectivity index (χ2n) is 4.15. The van der Waals surface area contributed by atoms with Crippen LogP contribution in [0.4, 0.5) is 4.39 Å². The van der Waals surface area contributed by atoms with Crippen LogP contribution in [0.1, 0.15) is 15.9 Å². The van der Waals surface area contributed by atoms with E-state index in [1.54, 1.807) is 0 Å². The molecule has 2 aromatic carbocycles. The summed E-state index contributed by atoms with van der Waals surface area (Å²) < 4.78 is 23.5. The van der Waals surface area contributed by atoms with Gasteiger partial charge in [-0.2, -0.15) is 0 Å². The quantitative estimate of drug-likeness (QED) is 0.781. The molecule has 6 heteroatoms. The molecule has 2 rings (SSSR count). The van der Waals surface area contributed by atoms with E-state index in [0.717, 1.165) is 6.07 Å². The molecule has 0 aliphatic heterocycles. The van der Waals surface area contributed by atoms with Gasteiger partial charge in [0.15, 0.2) is 17.3 Å². The van der Waals surface area contributed by atoms with Crippen LogP contribution in [-0.2, 0) is 0 Å². The molecular formula is C15H11Cl2FO3. The van der Waals surface area contributed by atoms with Crippen molar-refractivity contribution in [1.29, 1.82) is 0 Å². The predicted molar refractivity (Wildman–Crippen MR) is 79.4 cm³/mol. The fourth-order valence-electron chi connectivity index (χ4n) is 1.88. The smallest absolute Gasteiger partial charge is 0.194 e. The van der Waals surface area contributed by atoms with Gasteiger partial charge in [0.1, 0.15) is 5.82 Å². The van der Waals surface area contributed by atoms with Gasteiger partial charge in [0, 0.05) is 11.1 Å². The van der Waals surface area contributed by atoms with Gasteiger partial charge in [0.2, 0.25) is 0 Å². The van der Waals surface area contributed by atoms with Gasteiger partial charge in [-0.05, 0) is 30.3 Å². The normalized spacial score (nSPS) is 10.3. The Kier molecular flexibility index (Phi) is 4.70. The molecule has 0 heterocycles. The van der Waals surface area contributed by atoms with Crippen LogP contribution in [0.3, 0.4) is 0 Å². The standard InChI is InChI=1S/C15H11Cl2FO3/c1-20-13-6-8(5-12(17)15(13)21-2)14(19)10-7-9(18)3-4-11(10)16/h3-7H,1-2H3. The SMILES string of the molecule is COc1cc(C(=O)c2cc(F)ccc2Cl)cc(Cl)c1OC. The Morgan fingerprint density at radius 1 is 1.05 bits per heavy atom. The second-order valence-corrected chi connectivity index (χ2v) is 4.96. The lowest BCUT2D eigenvalue weighted by atomic mass is 10.0. The summed E-state index contributed by atoms with van der Waals surface area (Å²) in [5.74, 6) is -0.376. The van der Waals surface area contributed by atoms with Crippen molar-refractivity contribution in [2.45, 2.75) is 0 Å². The molecule has 3 nitrogen and oxygen atoms in total. The second kappa shape index (κ2) is 6.33. The molecule has 0 saturated heterocycles. The van der Waals surface area contributed by atoms with E-state index in [9.17, 15) is 9.18 Å². The Bertz CT molecular complexity index is 702. The lowest BCUT2D eigenvalue weighted by molar-refractivity contribution is 0.103. The summed E-state index contributed by atoms with van der Waals surface area (Å²) in [7, 11) is 2.87. The zero-order chi connectivity index (χ0) is 15.6. The van der Waals surface area contributed by atoms with Crippen molar-refractivity contribution < 1.29 is 18.7 Å². The molecule has 0 N–H and O–H groups in total. The maximum Gasteiger partial charge on any atom is 0.194 e. The zero-order valence-electron chi connectivity index (χ0n) is 11.2. The first-order chi connectivity index (χ1) is 9.97. The van der Waals surface area contributed by atoms with Crippen molar-refractivity contribution in [1.82, 2.24) is 0 Å². The summed E-state index contributed by atoms with van der Waals surface area (Å²) in [5, 5.41) is 0.375. The third kappa shape index (κ3) is 3.12. The van der Waals surface area contributed by atoms with Crippen LogP contribution in [0.2, 0.25) is 10.0 Å². The number of carbonyl (C=O) groups is 1. The van der Waals surface area contributed by atoms with Crippen LogP contribution in [0.25, 0.3) is 0 Å². The molecule has 0 fully saturated rings. The van der Waals surface area contributed by atoms with Crippen molar-refractivity contribution in [3.05, 3.63) is 57.3 Å². The summed E-state index contributed by atoms with van der Waals surface area (Å²) in [5.41, 5.74) is 0.283. The molecule has 0 aliphatic carbocycles. The van der Waals surface area contributed by atoms with Gasteiger partial charge in [-0.1, -0.05) is 23.2 Å². The fourth-order valence-corrected chi connectivity index (χ4v) is 2.37. The predicted octanol–water partition coefficient (Wildman–Crippen LogP) is 4.38. The van der Waals surface area contributed by atoms with Crippen molar-refractivity contribution in [2.24, 2.45) is 0 Å². The minimum atomic E-state index is -0.547. The monoisotopic (exact) mass is 328 g/mol. The minimum Gasteiger partial charge on any atom is -0.493 e.